The van der Waals surface area contributed by atoms with Crippen molar-refractivity contribution < 1.29 is 23.9 Å². The van der Waals surface area contributed by atoms with E-state index in [0.29, 0.717) is 24.4 Å². The Morgan fingerprint density at radius 1 is 1.16 bits per heavy atom. The first-order valence-electron chi connectivity index (χ1n) is 10.9. The van der Waals surface area contributed by atoms with Crippen LogP contribution in [0, 0.1) is 6.92 Å². The number of rotatable bonds is 5. The molecule has 0 saturated carbocycles. The van der Waals surface area contributed by atoms with Crippen molar-refractivity contribution in [3.8, 4) is 0 Å². The van der Waals surface area contributed by atoms with Gasteiger partial charge in [0.2, 0.25) is 11.8 Å². The van der Waals surface area contributed by atoms with E-state index in [1.54, 1.807) is 18.7 Å². The fraction of sp³-hybridized carbons (Fsp3) is 0.542. The number of morpholine rings is 1. The van der Waals surface area contributed by atoms with Crippen molar-refractivity contribution in [3.63, 3.8) is 0 Å². The van der Waals surface area contributed by atoms with E-state index in [9.17, 15) is 14.4 Å². The molecule has 2 aliphatic heterocycles. The number of carbonyl (C=O) groups excluding carboxylic acids is 3. The van der Waals surface area contributed by atoms with Crippen molar-refractivity contribution in [3.05, 3.63) is 46.7 Å². The van der Waals surface area contributed by atoms with Gasteiger partial charge in [-0.15, -0.1) is 0 Å². The zero-order valence-corrected chi connectivity index (χ0v) is 19.0. The maximum atomic E-state index is 13.1. The number of nitrogens with zero attached hydrogens (tertiary/aromatic N) is 2. The first-order chi connectivity index (χ1) is 14.7. The third kappa shape index (κ3) is 5.15. The number of benzene rings is 1. The molecule has 2 amide bonds. The molecule has 3 rings (SSSR count). The van der Waals surface area contributed by atoms with E-state index in [1.807, 2.05) is 45.0 Å². The van der Waals surface area contributed by atoms with Gasteiger partial charge in [-0.05, 0) is 40.2 Å². The number of esters is 1. The van der Waals surface area contributed by atoms with Crippen molar-refractivity contribution in [2.24, 2.45) is 0 Å². The van der Waals surface area contributed by atoms with E-state index in [2.05, 4.69) is 0 Å². The van der Waals surface area contributed by atoms with Gasteiger partial charge < -0.3 is 19.3 Å². The number of allylic oxidation sites excluding steroid dienone is 1. The molecule has 1 aromatic rings. The van der Waals surface area contributed by atoms with Crippen LogP contribution >= 0.6 is 0 Å². The Labute approximate surface area is 184 Å². The van der Waals surface area contributed by atoms with Gasteiger partial charge in [0.15, 0.2) is 0 Å². The summed E-state index contributed by atoms with van der Waals surface area (Å²) >= 11 is 0. The van der Waals surface area contributed by atoms with Crippen LogP contribution in [0.1, 0.15) is 51.2 Å². The second-order valence-corrected chi connectivity index (χ2v) is 8.43. The number of hydrogen-bond donors (Lipinski definition) is 0. The summed E-state index contributed by atoms with van der Waals surface area (Å²) in [7, 11) is 0. The Morgan fingerprint density at radius 3 is 2.45 bits per heavy atom. The van der Waals surface area contributed by atoms with Gasteiger partial charge >= 0.3 is 5.97 Å². The molecular weight excluding hydrogens is 396 g/mol. The lowest BCUT2D eigenvalue weighted by atomic mass is 9.83. The molecule has 1 saturated heterocycles. The molecule has 0 spiro atoms. The lowest BCUT2D eigenvalue weighted by Gasteiger charge is -2.38. The van der Waals surface area contributed by atoms with Crippen LogP contribution in [0.3, 0.4) is 0 Å². The Kier molecular flexibility index (Phi) is 7.15. The van der Waals surface area contributed by atoms with E-state index in [-0.39, 0.29) is 49.5 Å². The third-order valence-electron chi connectivity index (χ3n) is 5.83. The first-order valence-corrected chi connectivity index (χ1v) is 10.9. The van der Waals surface area contributed by atoms with Crippen LogP contribution in [0.5, 0.6) is 0 Å². The van der Waals surface area contributed by atoms with Gasteiger partial charge in [0.1, 0.15) is 6.54 Å². The van der Waals surface area contributed by atoms with E-state index in [0.717, 1.165) is 11.1 Å². The zero-order valence-electron chi connectivity index (χ0n) is 19.0. The highest BCUT2D eigenvalue weighted by atomic mass is 16.5. The molecule has 3 unspecified atom stereocenters. The smallest absolute Gasteiger partial charge is 0.336 e. The third-order valence-corrected chi connectivity index (χ3v) is 5.83. The minimum absolute atomic E-state index is 0.0535. The van der Waals surface area contributed by atoms with Gasteiger partial charge in [-0.1, -0.05) is 29.8 Å². The highest BCUT2D eigenvalue weighted by molar-refractivity contribution is 5.97. The van der Waals surface area contributed by atoms with Gasteiger partial charge in [-0.3, -0.25) is 9.59 Å². The Bertz CT molecular complexity index is 884. The highest BCUT2D eigenvalue weighted by Gasteiger charge is 2.38. The normalized spacial score (nSPS) is 24.4. The van der Waals surface area contributed by atoms with Crippen LogP contribution in [0.15, 0.2) is 35.5 Å². The van der Waals surface area contributed by atoms with E-state index < -0.39 is 5.97 Å². The number of hydrogen-bond acceptors (Lipinski definition) is 5. The zero-order chi connectivity index (χ0) is 22.7. The van der Waals surface area contributed by atoms with Crippen molar-refractivity contribution in [1.82, 2.24) is 9.80 Å². The van der Waals surface area contributed by atoms with E-state index in [4.69, 9.17) is 9.47 Å². The molecule has 0 bridgehead atoms. The number of aryl methyl sites for hydroxylation is 1. The summed E-state index contributed by atoms with van der Waals surface area (Å²) in [6, 6.07) is 7.81. The lowest BCUT2D eigenvalue weighted by Crippen LogP contribution is -2.52. The average Bonchev–Trinajstić information content (AvgIpc) is 2.69. The van der Waals surface area contributed by atoms with Gasteiger partial charge in [0.05, 0.1) is 24.4 Å². The summed E-state index contributed by atoms with van der Waals surface area (Å²) in [5.41, 5.74) is 2.89. The molecule has 168 valence electrons. The Hall–Kier alpha value is -2.67. The molecule has 1 aromatic carbocycles. The predicted molar refractivity (Wildman–Crippen MR) is 116 cm³/mol. The number of carbonyl (C=O) groups is 3. The van der Waals surface area contributed by atoms with Crippen molar-refractivity contribution in [1.29, 1.82) is 0 Å². The van der Waals surface area contributed by atoms with Crippen molar-refractivity contribution in [2.45, 2.75) is 59.2 Å². The second kappa shape index (κ2) is 9.64. The van der Waals surface area contributed by atoms with Crippen LogP contribution in [0.4, 0.5) is 0 Å². The maximum absolute atomic E-state index is 13.1. The van der Waals surface area contributed by atoms with Gasteiger partial charge in [-0.25, -0.2) is 4.79 Å². The fourth-order valence-corrected chi connectivity index (χ4v) is 4.47. The number of ether oxygens (including phenoxy) is 2. The van der Waals surface area contributed by atoms with Crippen molar-refractivity contribution in [2.75, 3.05) is 26.2 Å². The van der Waals surface area contributed by atoms with Crippen LogP contribution < -0.4 is 0 Å². The summed E-state index contributed by atoms with van der Waals surface area (Å²) in [6.45, 7) is 10.5. The summed E-state index contributed by atoms with van der Waals surface area (Å²) in [4.78, 5) is 42.1. The molecule has 7 nitrogen and oxygen atoms in total. The average molecular weight is 429 g/mol. The van der Waals surface area contributed by atoms with Crippen LogP contribution in [0.2, 0.25) is 0 Å². The number of amides is 2. The van der Waals surface area contributed by atoms with E-state index in [1.165, 1.54) is 4.90 Å². The topological polar surface area (TPSA) is 76.2 Å². The molecule has 31 heavy (non-hydrogen) atoms. The molecule has 1 fully saturated rings. The molecule has 2 heterocycles. The molecule has 7 heteroatoms. The monoisotopic (exact) mass is 428 g/mol. The first kappa shape index (κ1) is 23.0. The van der Waals surface area contributed by atoms with Crippen molar-refractivity contribution >= 4 is 17.8 Å². The minimum atomic E-state index is -0.440. The second-order valence-electron chi connectivity index (χ2n) is 8.43. The largest absolute Gasteiger partial charge is 0.463 e. The Morgan fingerprint density at radius 2 is 1.84 bits per heavy atom. The predicted octanol–water partition coefficient (Wildman–Crippen LogP) is 2.78. The standard InChI is InChI=1S/C24H32N2O5/c1-6-30-24(29)23-18(5)26(14-22(28)25-12-16(3)31-17(4)13-25)21(27)11-20(23)19-9-7-8-15(2)10-19/h7-10,16-17,20H,6,11-14H2,1-5H3. The Balaban J connectivity index is 1.91. The molecule has 0 aliphatic carbocycles. The van der Waals surface area contributed by atoms with Gasteiger partial charge in [0.25, 0.3) is 0 Å². The summed E-state index contributed by atoms with van der Waals surface area (Å²) in [5.74, 6) is -1.14. The van der Waals surface area contributed by atoms with Crippen LogP contribution in [-0.4, -0.2) is 66.0 Å². The molecular formula is C24H32N2O5. The minimum Gasteiger partial charge on any atom is -0.463 e. The SMILES string of the molecule is CCOC(=O)C1=C(C)N(CC(=O)N2CC(C)OC(C)C2)C(=O)CC1c1cccc(C)c1. The van der Waals surface area contributed by atoms with Gasteiger partial charge in [-0.2, -0.15) is 0 Å². The molecule has 0 aromatic heterocycles. The lowest BCUT2D eigenvalue weighted by molar-refractivity contribution is -0.148. The quantitative estimate of drug-likeness (QED) is 0.674. The highest BCUT2D eigenvalue weighted by Crippen LogP contribution is 2.37. The fourth-order valence-electron chi connectivity index (χ4n) is 4.47. The molecule has 0 radical (unpaired) electrons. The van der Waals surface area contributed by atoms with Crippen LogP contribution in [-0.2, 0) is 23.9 Å². The van der Waals surface area contributed by atoms with E-state index >= 15 is 0 Å². The summed E-state index contributed by atoms with van der Waals surface area (Å²) in [5, 5.41) is 0. The van der Waals surface area contributed by atoms with Crippen LogP contribution in [0.25, 0.3) is 0 Å². The van der Waals surface area contributed by atoms with Gasteiger partial charge in [0, 0.05) is 31.1 Å². The maximum Gasteiger partial charge on any atom is 0.336 e. The summed E-state index contributed by atoms with van der Waals surface area (Å²) < 4.78 is 11.0. The molecule has 3 atom stereocenters. The summed E-state index contributed by atoms with van der Waals surface area (Å²) in [6.07, 6.45) is 0.0161. The molecule has 0 N–H and O–H groups in total. The molecule has 2 aliphatic rings.